The molecule has 2 aromatic rings. The summed E-state index contributed by atoms with van der Waals surface area (Å²) < 4.78 is 5.17. The Balaban J connectivity index is 1.34. The van der Waals surface area contributed by atoms with E-state index >= 15 is 0 Å². The molecule has 1 aromatic heterocycles. The number of benzene rings is 1. The van der Waals surface area contributed by atoms with E-state index in [1.165, 1.54) is 5.92 Å². The van der Waals surface area contributed by atoms with Gasteiger partial charge in [0.1, 0.15) is 29.1 Å². The zero-order valence-electron chi connectivity index (χ0n) is 20.5. The van der Waals surface area contributed by atoms with Crippen LogP contribution in [0, 0.1) is 18.8 Å². The molecule has 1 radical (unpaired) electrons. The van der Waals surface area contributed by atoms with Crippen LogP contribution in [-0.2, 0) is 11.4 Å². The Bertz CT molecular complexity index is 1010. The van der Waals surface area contributed by atoms with Crippen molar-refractivity contribution in [2.45, 2.75) is 52.7 Å². The number of amides is 1. The van der Waals surface area contributed by atoms with Crippen LogP contribution in [0.25, 0.3) is 0 Å². The molecule has 8 nitrogen and oxygen atoms in total. The third-order valence-corrected chi connectivity index (χ3v) is 6.37. The first-order valence-corrected chi connectivity index (χ1v) is 11.9. The highest BCUT2D eigenvalue weighted by atomic mass is 16.6. The van der Waals surface area contributed by atoms with Gasteiger partial charge in [-0.1, -0.05) is 31.1 Å². The number of ether oxygens (including phenoxy) is 1. The molecular weight excluding hydrogens is 430 g/mol. The molecule has 1 N–H and O–H groups in total. The molecule has 0 spiro atoms. The number of aryl methyl sites for hydroxylation is 1. The van der Waals surface area contributed by atoms with Gasteiger partial charge in [0.2, 0.25) is 0 Å². The van der Waals surface area contributed by atoms with Crippen molar-refractivity contribution >= 4 is 11.6 Å². The number of piperidine rings is 1. The molecular formula is C26H34N5O3. The minimum Gasteiger partial charge on any atom is -0.497 e. The number of nitrogens with zero attached hydrogens (tertiary/aromatic N) is 4. The normalized spacial score (nSPS) is 19.1. The van der Waals surface area contributed by atoms with Gasteiger partial charge in [0.05, 0.1) is 12.8 Å². The number of carbonyl (C=O) groups is 1. The molecule has 0 saturated carbocycles. The molecule has 34 heavy (non-hydrogen) atoms. The Labute approximate surface area is 201 Å². The summed E-state index contributed by atoms with van der Waals surface area (Å²) in [5.74, 6) is 3.02. The van der Waals surface area contributed by atoms with E-state index in [9.17, 15) is 4.79 Å². The maximum Gasteiger partial charge on any atom is 0.270 e. The quantitative estimate of drug-likeness (QED) is 0.643. The van der Waals surface area contributed by atoms with Gasteiger partial charge in [-0.3, -0.25) is 4.79 Å². The Morgan fingerprint density at radius 2 is 1.91 bits per heavy atom. The third-order valence-electron chi connectivity index (χ3n) is 6.37. The van der Waals surface area contributed by atoms with Crippen molar-refractivity contribution in [3.63, 3.8) is 0 Å². The van der Waals surface area contributed by atoms with Gasteiger partial charge in [-0.15, -0.1) is 0 Å². The van der Waals surface area contributed by atoms with E-state index in [2.05, 4.69) is 39.2 Å². The number of aromatic nitrogens is 2. The van der Waals surface area contributed by atoms with Crippen LogP contribution in [0.1, 0.15) is 60.7 Å². The average Bonchev–Trinajstić information content (AvgIpc) is 3.33. The molecule has 2 aliphatic heterocycles. The fraction of sp³-hybridized carbons (Fsp3) is 0.500. The number of nitrogens with one attached hydrogen (secondary N) is 1. The van der Waals surface area contributed by atoms with Crippen LogP contribution < -0.4 is 10.1 Å². The number of likely N-dealkylation sites (tertiary alicyclic amines) is 1. The Morgan fingerprint density at radius 3 is 2.59 bits per heavy atom. The van der Waals surface area contributed by atoms with Crippen molar-refractivity contribution in [2.75, 3.05) is 26.7 Å². The Kier molecular flexibility index (Phi) is 7.77. The molecule has 2 aliphatic rings. The first-order chi connectivity index (χ1) is 16.4. The van der Waals surface area contributed by atoms with Crippen LogP contribution >= 0.6 is 0 Å². The highest BCUT2D eigenvalue weighted by molar-refractivity contribution is 6.01. The highest BCUT2D eigenvalue weighted by Crippen LogP contribution is 2.29. The molecule has 1 atom stereocenters. The Hall–Kier alpha value is -3.00. The summed E-state index contributed by atoms with van der Waals surface area (Å²) in [6.45, 7) is 9.82. The van der Waals surface area contributed by atoms with Crippen molar-refractivity contribution in [1.29, 1.82) is 0 Å². The number of carbonyl (C=O) groups excluding carboxylic acids is 1. The predicted molar refractivity (Wildman–Crippen MR) is 131 cm³/mol. The highest BCUT2D eigenvalue weighted by Gasteiger charge is 2.33. The second-order valence-corrected chi connectivity index (χ2v) is 9.42. The molecule has 1 saturated heterocycles. The first-order valence-electron chi connectivity index (χ1n) is 11.9. The zero-order chi connectivity index (χ0) is 24.1. The maximum atomic E-state index is 12.8. The number of hydrogen-bond donors (Lipinski definition) is 1. The monoisotopic (exact) mass is 464 g/mol. The summed E-state index contributed by atoms with van der Waals surface area (Å²) in [5, 5.41) is 7.27. The van der Waals surface area contributed by atoms with E-state index < -0.39 is 0 Å². The zero-order valence-corrected chi connectivity index (χ0v) is 20.5. The van der Waals surface area contributed by atoms with Crippen LogP contribution in [0.5, 0.6) is 5.75 Å². The van der Waals surface area contributed by atoms with Crippen molar-refractivity contribution in [3.8, 4) is 5.75 Å². The summed E-state index contributed by atoms with van der Waals surface area (Å²) in [7, 11) is 1.63. The van der Waals surface area contributed by atoms with Gasteiger partial charge < -0.3 is 19.8 Å². The molecule has 1 aromatic carbocycles. The largest absolute Gasteiger partial charge is 0.497 e. The van der Waals surface area contributed by atoms with Crippen LogP contribution in [-0.4, -0.2) is 59.3 Å². The van der Waals surface area contributed by atoms with Crippen LogP contribution in [0.2, 0.25) is 0 Å². The number of methoxy groups -OCH3 is 1. The first kappa shape index (κ1) is 24.1. The number of rotatable bonds is 8. The molecule has 1 amide bonds. The van der Waals surface area contributed by atoms with Gasteiger partial charge in [0.15, 0.2) is 0 Å². The van der Waals surface area contributed by atoms with Crippen LogP contribution in [0.3, 0.4) is 0 Å². The van der Waals surface area contributed by atoms with Gasteiger partial charge >= 0.3 is 0 Å². The lowest BCUT2D eigenvalue weighted by Gasteiger charge is -2.34. The summed E-state index contributed by atoms with van der Waals surface area (Å²) >= 11 is 0. The van der Waals surface area contributed by atoms with E-state index in [0.29, 0.717) is 36.1 Å². The predicted octanol–water partition coefficient (Wildman–Crippen LogP) is 3.54. The van der Waals surface area contributed by atoms with Gasteiger partial charge in [0.25, 0.3) is 5.91 Å². The molecule has 0 aliphatic carbocycles. The lowest BCUT2D eigenvalue weighted by molar-refractivity contribution is 0.0145. The van der Waals surface area contributed by atoms with E-state index in [1.807, 2.05) is 24.3 Å². The summed E-state index contributed by atoms with van der Waals surface area (Å²) in [5.41, 5.74) is 2.77. The van der Waals surface area contributed by atoms with Crippen molar-refractivity contribution in [3.05, 3.63) is 59.0 Å². The molecule has 4 rings (SSSR count). The average molecular weight is 465 g/mol. The maximum absolute atomic E-state index is 12.8. The fourth-order valence-electron chi connectivity index (χ4n) is 4.58. The van der Waals surface area contributed by atoms with Gasteiger partial charge in [0, 0.05) is 25.4 Å². The van der Waals surface area contributed by atoms with Crippen molar-refractivity contribution < 1.29 is 14.4 Å². The SMILES string of the molecule is COc1ccc(CNC(=O)c2cc(C3=NOC(C4CCN(C[C](C)C)CC4)C3)nc(C)n2)cc1. The Morgan fingerprint density at radius 1 is 1.18 bits per heavy atom. The van der Waals surface area contributed by atoms with Gasteiger partial charge in [-0.25, -0.2) is 9.97 Å². The summed E-state index contributed by atoms with van der Waals surface area (Å²) in [6.07, 6.45) is 3.02. The topological polar surface area (TPSA) is 88.9 Å². The lowest BCUT2D eigenvalue weighted by atomic mass is 9.88. The minimum atomic E-state index is -0.242. The molecule has 3 heterocycles. The van der Waals surface area contributed by atoms with Crippen molar-refractivity contribution in [2.24, 2.45) is 11.1 Å². The smallest absolute Gasteiger partial charge is 0.270 e. The molecule has 181 valence electrons. The van der Waals surface area contributed by atoms with E-state index in [-0.39, 0.29) is 12.0 Å². The second kappa shape index (κ2) is 11.0. The summed E-state index contributed by atoms with van der Waals surface area (Å²) in [6, 6.07) is 9.30. The molecule has 1 unspecified atom stereocenters. The number of hydrogen-bond acceptors (Lipinski definition) is 7. The fourth-order valence-corrected chi connectivity index (χ4v) is 4.58. The lowest BCUT2D eigenvalue weighted by Crippen LogP contribution is -2.39. The van der Waals surface area contributed by atoms with E-state index in [0.717, 1.165) is 49.5 Å². The van der Waals surface area contributed by atoms with E-state index in [4.69, 9.17) is 9.57 Å². The number of oxime groups is 1. The second-order valence-electron chi connectivity index (χ2n) is 9.42. The molecule has 1 fully saturated rings. The van der Waals surface area contributed by atoms with Crippen LogP contribution in [0.15, 0.2) is 35.5 Å². The summed E-state index contributed by atoms with van der Waals surface area (Å²) in [4.78, 5) is 30.0. The minimum absolute atomic E-state index is 0.0754. The molecule has 8 heteroatoms. The van der Waals surface area contributed by atoms with Gasteiger partial charge in [-0.2, -0.15) is 0 Å². The van der Waals surface area contributed by atoms with Crippen LogP contribution in [0.4, 0.5) is 0 Å². The molecule has 0 bridgehead atoms. The standard InChI is InChI=1S/C26H34N5O3/c1-17(2)16-31-11-9-20(10-12-31)25-14-23(30-34-25)22-13-24(29-18(3)28-22)26(32)27-15-19-5-7-21(33-4)8-6-19/h5-8,13,20,25H,9-12,14-16H2,1-4H3,(H,27,32). The third kappa shape index (κ3) is 6.11. The van der Waals surface area contributed by atoms with Crippen molar-refractivity contribution in [1.82, 2.24) is 20.2 Å². The van der Waals surface area contributed by atoms with Gasteiger partial charge in [-0.05, 0) is 62.5 Å². The van der Waals surface area contributed by atoms with E-state index in [1.54, 1.807) is 20.1 Å².